The third-order valence-electron chi connectivity index (χ3n) is 4.14. The van der Waals surface area contributed by atoms with Gasteiger partial charge in [-0.15, -0.1) is 0 Å². The second-order valence-corrected chi connectivity index (χ2v) is 5.89. The summed E-state index contributed by atoms with van der Waals surface area (Å²) in [5.74, 6) is -0.418. The monoisotopic (exact) mass is 357 g/mol. The van der Waals surface area contributed by atoms with Crippen LogP contribution in [0.1, 0.15) is 35.3 Å². The first-order chi connectivity index (χ1) is 12.5. The average Bonchev–Trinajstić information content (AvgIpc) is 2.67. The number of hydrogen-bond donors (Lipinski definition) is 2. The predicted octanol–water partition coefficient (Wildman–Crippen LogP) is 3.08. The van der Waals surface area contributed by atoms with Crippen molar-refractivity contribution in [2.45, 2.75) is 25.4 Å². The number of carboxylic acids is 1. The van der Waals surface area contributed by atoms with Crippen LogP contribution in [0.4, 0.5) is 0 Å². The summed E-state index contributed by atoms with van der Waals surface area (Å²) in [6.45, 7) is 1.87. The molecular formula is C20H23NO5. The molecule has 0 spiro atoms. The van der Waals surface area contributed by atoms with E-state index >= 15 is 0 Å². The maximum Gasteiger partial charge on any atom is 0.321 e. The van der Waals surface area contributed by atoms with Gasteiger partial charge in [0.15, 0.2) is 17.3 Å². The molecule has 0 amide bonds. The van der Waals surface area contributed by atoms with E-state index in [2.05, 4.69) is 5.32 Å². The summed E-state index contributed by atoms with van der Waals surface area (Å²) in [5, 5.41) is 12.5. The standard InChI is InChI=1S/C20H23NO5/c1-13(14-7-5-4-6-8-14)21-16(20(23)24)12-17(22)15-9-10-18(25-2)19(11-15)26-3/h4-11,13,16,21H,12H2,1-3H3,(H,23,24)/t13-,16-/m0/s1. The Kier molecular flexibility index (Phi) is 6.74. The van der Waals surface area contributed by atoms with Gasteiger partial charge in [-0.3, -0.25) is 14.9 Å². The van der Waals surface area contributed by atoms with Crippen LogP contribution in [-0.2, 0) is 4.79 Å². The SMILES string of the molecule is COc1ccc(C(=O)C[C@H](N[C@@H](C)c2ccccc2)C(=O)O)cc1OC. The van der Waals surface area contributed by atoms with Gasteiger partial charge in [-0.25, -0.2) is 0 Å². The van der Waals surface area contributed by atoms with E-state index in [1.165, 1.54) is 14.2 Å². The molecule has 0 aliphatic heterocycles. The van der Waals surface area contributed by atoms with Crippen LogP contribution in [0.3, 0.4) is 0 Å². The van der Waals surface area contributed by atoms with Gasteiger partial charge in [0.25, 0.3) is 0 Å². The fourth-order valence-corrected chi connectivity index (χ4v) is 2.67. The number of Topliss-reactive ketones (excluding diaryl/α,β-unsaturated/α-hetero) is 1. The highest BCUT2D eigenvalue weighted by Crippen LogP contribution is 2.28. The summed E-state index contributed by atoms with van der Waals surface area (Å²) < 4.78 is 10.3. The van der Waals surface area contributed by atoms with Crippen molar-refractivity contribution in [3.63, 3.8) is 0 Å². The van der Waals surface area contributed by atoms with E-state index in [0.29, 0.717) is 17.1 Å². The Morgan fingerprint density at radius 2 is 1.69 bits per heavy atom. The first-order valence-corrected chi connectivity index (χ1v) is 8.25. The number of carbonyl (C=O) groups is 2. The molecular weight excluding hydrogens is 334 g/mol. The fraction of sp³-hybridized carbons (Fsp3) is 0.300. The molecule has 0 bridgehead atoms. The van der Waals surface area contributed by atoms with E-state index in [1.807, 2.05) is 37.3 Å². The molecule has 0 aromatic heterocycles. The Balaban J connectivity index is 2.12. The lowest BCUT2D eigenvalue weighted by molar-refractivity contribution is -0.139. The van der Waals surface area contributed by atoms with Crippen LogP contribution < -0.4 is 14.8 Å². The van der Waals surface area contributed by atoms with Gasteiger partial charge in [0.2, 0.25) is 0 Å². The summed E-state index contributed by atoms with van der Waals surface area (Å²) in [4.78, 5) is 24.1. The Morgan fingerprint density at radius 3 is 2.27 bits per heavy atom. The fourth-order valence-electron chi connectivity index (χ4n) is 2.67. The van der Waals surface area contributed by atoms with Crippen LogP contribution in [0.5, 0.6) is 11.5 Å². The molecule has 0 aliphatic rings. The Labute approximate surface area is 152 Å². The summed E-state index contributed by atoms with van der Waals surface area (Å²) in [5.41, 5.74) is 1.33. The highest BCUT2D eigenvalue weighted by molar-refractivity contribution is 5.99. The number of nitrogens with one attached hydrogen (secondary N) is 1. The van der Waals surface area contributed by atoms with Crippen molar-refractivity contribution in [2.75, 3.05) is 14.2 Å². The zero-order valence-electron chi connectivity index (χ0n) is 15.1. The predicted molar refractivity (Wildman–Crippen MR) is 97.9 cm³/mol. The number of benzene rings is 2. The number of aliphatic carboxylic acids is 1. The molecule has 2 atom stereocenters. The quantitative estimate of drug-likeness (QED) is 0.671. The lowest BCUT2D eigenvalue weighted by atomic mass is 10.0. The van der Waals surface area contributed by atoms with E-state index < -0.39 is 12.0 Å². The van der Waals surface area contributed by atoms with Crippen LogP contribution in [-0.4, -0.2) is 37.1 Å². The van der Waals surface area contributed by atoms with Crippen LogP contribution in [0.2, 0.25) is 0 Å². The molecule has 0 fully saturated rings. The number of carboxylic acid groups (broad SMARTS) is 1. The zero-order chi connectivity index (χ0) is 19.1. The molecule has 138 valence electrons. The van der Waals surface area contributed by atoms with Gasteiger partial charge in [0, 0.05) is 18.0 Å². The van der Waals surface area contributed by atoms with Crippen molar-refractivity contribution in [3.8, 4) is 11.5 Å². The molecule has 0 aliphatic carbocycles. The number of hydrogen-bond acceptors (Lipinski definition) is 5. The summed E-state index contributed by atoms with van der Waals surface area (Å²) in [7, 11) is 2.99. The van der Waals surface area contributed by atoms with E-state index in [0.717, 1.165) is 5.56 Å². The molecule has 6 nitrogen and oxygen atoms in total. The molecule has 2 rings (SSSR count). The average molecular weight is 357 g/mol. The van der Waals surface area contributed by atoms with Gasteiger partial charge < -0.3 is 14.6 Å². The van der Waals surface area contributed by atoms with Gasteiger partial charge in [0.05, 0.1) is 14.2 Å². The summed E-state index contributed by atoms with van der Waals surface area (Å²) in [6.07, 6.45) is -0.165. The lowest BCUT2D eigenvalue weighted by Gasteiger charge is -2.20. The van der Waals surface area contributed by atoms with Crippen LogP contribution in [0, 0.1) is 0 Å². The Hall–Kier alpha value is -2.86. The van der Waals surface area contributed by atoms with Gasteiger partial charge in [-0.1, -0.05) is 30.3 Å². The van der Waals surface area contributed by atoms with E-state index in [-0.39, 0.29) is 18.2 Å². The maximum absolute atomic E-state index is 12.5. The molecule has 0 heterocycles. The molecule has 26 heavy (non-hydrogen) atoms. The van der Waals surface area contributed by atoms with Crippen LogP contribution in [0.15, 0.2) is 48.5 Å². The molecule has 6 heteroatoms. The topological polar surface area (TPSA) is 84.9 Å². The van der Waals surface area contributed by atoms with Crippen molar-refractivity contribution in [1.82, 2.24) is 5.32 Å². The van der Waals surface area contributed by atoms with Crippen molar-refractivity contribution in [2.24, 2.45) is 0 Å². The minimum atomic E-state index is -1.07. The second-order valence-electron chi connectivity index (χ2n) is 5.89. The third-order valence-corrected chi connectivity index (χ3v) is 4.14. The largest absolute Gasteiger partial charge is 0.493 e. The molecule has 0 saturated carbocycles. The van der Waals surface area contributed by atoms with Gasteiger partial charge in [-0.05, 0) is 30.7 Å². The van der Waals surface area contributed by atoms with E-state index in [1.54, 1.807) is 18.2 Å². The lowest BCUT2D eigenvalue weighted by Crippen LogP contribution is -2.40. The van der Waals surface area contributed by atoms with Gasteiger partial charge >= 0.3 is 5.97 Å². The van der Waals surface area contributed by atoms with Crippen molar-refractivity contribution < 1.29 is 24.2 Å². The first-order valence-electron chi connectivity index (χ1n) is 8.25. The maximum atomic E-state index is 12.5. The minimum absolute atomic E-state index is 0.165. The number of carbonyl (C=O) groups excluding carboxylic acids is 1. The third kappa shape index (κ3) is 4.83. The Bertz CT molecular complexity index is 760. The normalized spacial score (nSPS) is 12.9. The summed E-state index contributed by atoms with van der Waals surface area (Å²) >= 11 is 0. The molecule has 0 saturated heterocycles. The van der Waals surface area contributed by atoms with Crippen molar-refractivity contribution in [1.29, 1.82) is 0 Å². The van der Waals surface area contributed by atoms with Crippen molar-refractivity contribution >= 4 is 11.8 Å². The smallest absolute Gasteiger partial charge is 0.321 e. The van der Waals surface area contributed by atoms with E-state index in [4.69, 9.17) is 9.47 Å². The zero-order valence-corrected chi connectivity index (χ0v) is 15.1. The number of methoxy groups -OCH3 is 2. The first kappa shape index (κ1) is 19.5. The van der Waals surface area contributed by atoms with Gasteiger partial charge in [0.1, 0.15) is 6.04 Å². The molecule has 0 radical (unpaired) electrons. The van der Waals surface area contributed by atoms with Crippen LogP contribution in [0.25, 0.3) is 0 Å². The summed E-state index contributed by atoms with van der Waals surface area (Å²) in [6, 6.07) is 13.1. The van der Waals surface area contributed by atoms with Gasteiger partial charge in [-0.2, -0.15) is 0 Å². The van der Waals surface area contributed by atoms with Crippen LogP contribution >= 0.6 is 0 Å². The second kappa shape index (κ2) is 9.01. The highest BCUT2D eigenvalue weighted by Gasteiger charge is 2.24. The molecule has 2 aromatic carbocycles. The Morgan fingerprint density at radius 1 is 1.04 bits per heavy atom. The molecule has 2 N–H and O–H groups in total. The minimum Gasteiger partial charge on any atom is -0.493 e. The molecule has 0 unspecified atom stereocenters. The van der Waals surface area contributed by atoms with Crippen molar-refractivity contribution in [3.05, 3.63) is 59.7 Å². The van der Waals surface area contributed by atoms with E-state index in [9.17, 15) is 14.7 Å². The number of ether oxygens (including phenoxy) is 2. The highest BCUT2D eigenvalue weighted by atomic mass is 16.5. The number of rotatable bonds is 9. The molecule has 2 aromatic rings. The number of ketones is 1.